The molecule has 0 aromatic heterocycles. The van der Waals surface area contributed by atoms with Crippen LogP contribution >= 0.6 is 0 Å². The van der Waals surface area contributed by atoms with Crippen molar-refractivity contribution in [3.63, 3.8) is 0 Å². The number of hydrogen-bond donors (Lipinski definition) is 2. The summed E-state index contributed by atoms with van der Waals surface area (Å²) in [4.78, 5) is 22.4. The number of amides is 1. The summed E-state index contributed by atoms with van der Waals surface area (Å²) < 4.78 is 5.03. The molecule has 1 amide bonds. The zero-order valence-corrected chi connectivity index (χ0v) is 17.1. The third-order valence-electron chi connectivity index (χ3n) is 4.42. The Morgan fingerprint density at radius 3 is 2.18 bits per heavy atom. The van der Waals surface area contributed by atoms with Gasteiger partial charge in [0.2, 0.25) is 0 Å². The third kappa shape index (κ3) is 9.15. The predicted octanol–water partition coefficient (Wildman–Crippen LogP) is 3.31. The van der Waals surface area contributed by atoms with Crippen molar-refractivity contribution in [3.05, 3.63) is 54.1 Å². The number of Topliss-reactive ketones (excluding diaryl/α,β-unsaturated/α-hetero) is 1. The fraction of sp³-hybridized carbons (Fsp3) is 0.455. The maximum atomic E-state index is 11.7. The first-order valence-corrected chi connectivity index (χ1v) is 9.83. The van der Waals surface area contributed by atoms with Crippen molar-refractivity contribution in [3.8, 4) is 0 Å². The fourth-order valence-corrected chi connectivity index (χ4v) is 2.72. The highest BCUT2D eigenvalue weighted by molar-refractivity contribution is 6.61. The highest BCUT2D eigenvalue weighted by Gasteiger charge is 2.27. The van der Waals surface area contributed by atoms with E-state index in [9.17, 15) is 14.6 Å². The molecule has 5 nitrogen and oxygen atoms in total. The second-order valence-electron chi connectivity index (χ2n) is 7.13. The molecule has 28 heavy (non-hydrogen) atoms. The highest BCUT2D eigenvalue weighted by atomic mass is 16.5. The smallest absolute Gasteiger partial charge is 0.423 e. The van der Waals surface area contributed by atoms with Crippen molar-refractivity contribution < 1.29 is 19.3 Å². The Kier molecular flexibility index (Phi) is 11.1. The molecule has 0 unspecified atom stereocenters. The van der Waals surface area contributed by atoms with Gasteiger partial charge in [0, 0.05) is 5.56 Å². The highest BCUT2D eigenvalue weighted by Crippen LogP contribution is 2.15. The van der Waals surface area contributed by atoms with E-state index in [1.165, 1.54) is 45.4 Å². The van der Waals surface area contributed by atoms with Crippen molar-refractivity contribution in [2.45, 2.75) is 59.0 Å². The lowest BCUT2D eigenvalue weighted by Gasteiger charge is -2.05. The van der Waals surface area contributed by atoms with Gasteiger partial charge in [0.25, 0.3) is 5.91 Å². The van der Waals surface area contributed by atoms with Gasteiger partial charge in [0.05, 0.1) is 13.2 Å². The van der Waals surface area contributed by atoms with Crippen LogP contribution in [0.3, 0.4) is 0 Å². The van der Waals surface area contributed by atoms with Crippen LogP contribution in [-0.2, 0) is 16.1 Å². The lowest BCUT2D eigenvalue weighted by molar-refractivity contribution is -0.116. The van der Waals surface area contributed by atoms with E-state index in [4.69, 9.17) is 4.65 Å². The third-order valence-corrected chi connectivity index (χ3v) is 4.42. The van der Waals surface area contributed by atoms with Crippen LogP contribution in [0.25, 0.3) is 0 Å². The van der Waals surface area contributed by atoms with E-state index in [1.54, 1.807) is 24.3 Å². The average Bonchev–Trinajstić information content (AvgIpc) is 3.08. The number of nitrogens with one attached hydrogen (secondary N) is 1. The quantitative estimate of drug-likeness (QED) is 0.616. The molecule has 2 N–H and O–H groups in total. The minimum atomic E-state index is -0.967. The Balaban J connectivity index is 0.000000292. The Labute approximate surface area is 169 Å². The van der Waals surface area contributed by atoms with E-state index in [0.29, 0.717) is 17.6 Å². The number of allylic oxidation sites excluding steroid dienone is 2. The number of ketones is 1. The molecule has 1 aliphatic carbocycles. The van der Waals surface area contributed by atoms with Crippen molar-refractivity contribution in [2.75, 3.05) is 6.54 Å². The molecule has 1 heterocycles. The minimum Gasteiger partial charge on any atom is -0.423 e. The van der Waals surface area contributed by atoms with E-state index < -0.39 is 7.12 Å². The lowest BCUT2D eigenvalue weighted by Crippen LogP contribution is -2.32. The van der Waals surface area contributed by atoms with Gasteiger partial charge in [0.1, 0.15) is 5.78 Å². The van der Waals surface area contributed by atoms with Crippen LogP contribution in [-0.4, -0.2) is 30.4 Å². The molecule has 1 saturated carbocycles. The topological polar surface area (TPSA) is 75.6 Å². The van der Waals surface area contributed by atoms with Gasteiger partial charge in [-0.2, -0.15) is 0 Å². The van der Waals surface area contributed by atoms with Crippen LogP contribution in [0, 0.1) is 0 Å². The molecule has 2 aliphatic rings. The Morgan fingerprint density at radius 1 is 1.18 bits per heavy atom. The van der Waals surface area contributed by atoms with E-state index >= 15 is 0 Å². The van der Waals surface area contributed by atoms with Crippen molar-refractivity contribution in [2.24, 2.45) is 0 Å². The standard InChI is InChI=1S/C11H12BNO4.C6H12.C5H8/c1-7(14)5-13-11(15)8-2-3-9-6-17-12(16)10(9)4-8;1-2-4-6-5-3-1;1-4-5(2)3/h2-4,16H,5-6H2,1H3,(H,13,15);1-6H2;4H,1-2H2,3H3. The van der Waals surface area contributed by atoms with Crippen LogP contribution in [0.5, 0.6) is 0 Å². The molecule has 0 bridgehead atoms. The van der Waals surface area contributed by atoms with E-state index in [2.05, 4.69) is 18.5 Å². The summed E-state index contributed by atoms with van der Waals surface area (Å²) in [5.41, 5.74) is 2.92. The Bertz CT molecular complexity index is 672. The SMILES string of the molecule is C1CCCCC1.C=CC(=C)C.CC(=O)CNC(=O)c1ccc2c(c1)B(O)OC2. The number of rotatable bonds is 4. The molecule has 3 rings (SSSR count). The van der Waals surface area contributed by atoms with Gasteiger partial charge < -0.3 is 15.0 Å². The normalized spacial score (nSPS) is 14.5. The number of hydrogen-bond acceptors (Lipinski definition) is 4. The molecule has 0 atom stereocenters. The predicted molar refractivity (Wildman–Crippen MR) is 115 cm³/mol. The summed E-state index contributed by atoms with van der Waals surface area (Å²) in [6.07, 6.45) is 10.7. The van der Waals surface area contributed by atoms with Gasteiger partial charge in [-0.05, 0) is 37.0 Å². The van der Waals surface area contributed by atoms with Gasteiger partial charge in [0.15, 0.2) is 0 Å². The zero-order chi connectivity index (χ0) is 20.9. The first-order valence-electron chi connectivity index (χ1n) is 9.83. The fourth-order valence-electron chi connectivity index (χ4n) is 2.72. The molecule has 1 aliphatic heterocycles. The molecular formula is C22H32BNO4. The maximum Gasteiger partial charge on any atom is 0.491 e. The maximum absolute atomic E-state index is 11.7. The number of carbonyl (C=O) groups is 2. The summed E-state index contributed by atoms with van der Waals surface area (Å²) in [6.45, 7) is 10.7. The summed E-state index contributed by atoms with van der Waals surface area (Å²) in [5.74, 6) is -0.440. The molecule has 152 valence electrons. The summed E-state index contributed by atoms with van der Waals surface area (Å²) in [6, 6.07) is 4.98. The summed E-state index contributed by atoms with van der Waals surface area (Å²) >= 11 is 0. The van der Waals surface area contributed by atoms with E-state index in [1.807, 2.05) is 6.92 Å². The van der Waals surface area contributed by atoms with Gasteiger partial charge in [-0.15, -0.1) is 0 Å². The second kappa shape index (κ2) is 13.1. The Hall–Kier alpha value is -2.18. The summed E-state index contributed by atoms with van der Waals surface area (Å²) in [7, 11) is -0.967. The number of benzene rings is 1. The zero-order valence-electron chi connectivity index (χ0n) is 17.1. The lowest BCUT2D eigenvalue weighted by atomic mass is 9.79. The van der Waals surface area contributed by atoms with Gasteiger partial charge in [-0.3, -0.25) is 9.59 Å². The molecule has 1 aromatic rings. The van der Waals surface area contributed by atoms with Gasteiger partial charge >= 0.3 is 7.12 Å². The van der Waals surface area contributed by atoms with E-state index in [0.717, 1.165) is 11.1 Å². The van der Waals surface area contributed by atoms with Crippen LogP contribution in [0.2, 0.25) is 0 Å². The van der Waals surface area contributed by atoms with Crippen LogP contribution < -0.4 is 10.8 Å². The van der Waals surface area contributed by atoms with Crippen LogP contribution in [0.4, 0.5) is 0 Å². The first-order chi connectivity index (χ1) is 13.3. The van der Waals surface area contributed by atoms with Crippen molar-refractivity contribution >= 4 is 24.3 Å². The second-order valence-corrected chi connectivity index (χ2v) is 7.13. The number of fused-ring (bicyclic) bond motifs is 1. The average molecular weight is 385 g/mol. The molecule has 1 aromatic carbocycles. The van der Waals surface area contributed by atoms with Crippen LogP contribution in [0.1, 0.15) is 68.3 Å². The van der Waals surface area contributed by atoms with Gasteiger partial charge in [-0.25, -0.2) is 0 Å². The van der Waals surface area contributed by atoms with Gasteiger partial charge in [-0.1, -0.05) is 69.4 Å². The molecule has 6 heteroatoms. The monoisotopic (exact) mass is 385 g/mol. The van der Waals surface area contributed by atoms with Crippen molar-refractivity contribution in [1.82, 2.24) is 5.32 Å². The van der Waals surface area contributed by atoms with Crippen LogP contribution in [0.15, 0.2) is 43.0 Å². The Morgan fingerprint density at radius 2 is 1.71 bits per heavy atom. The largest absolute Gasteiger partial charge is 0.491 e. The van der Waals surface area contributed by atoms with Crippen molar-refractivity contribution in [1.29, 1.82) is 0 Å². The number of carbonyl (C=O) groups excluding carboxylic acids is 2. The first kappa shape index (κ1) is 23.9. The molecule has 0 spiro atoms. The molecular weight excluding hydrogens is 353 g/mol. The minimum absolute atomic E-state index is 0.00890. The molecule has 0 radical (unpaired) electrons. The molecule has 0 saturated heterocycles. The summed E-state index contributed by atoms with van der Waals surface area (Å²) in [5, 5.41) is 12.0. The molecule has 1 fully saturated rings. The van der Waals surface area contributed by atoms with E-state index in [-0.39, 0.29) is 18.2 Å².